The van der Waals surface area contributed by atoms with Crippen LogP contribution < -0.4 is 9.47 Å². The largest absolute Gasteiger partial charge is 0.497 e. The number of methoxy groups -OCH3 is 1. The van der Waals surface area contributed by atoms with Gasteiger partial charge >= 0.3 is 0 Å². The van der Waals surface area contributed by atoms with Gasteiger partial charge in [0.2, 0.25) is 5.91 Å². The number of benzene rings is 1. The average molecular weight is 332 g/mol. The average Bonchev–Trinajstić information content (AvgIpc) is 3.03. The first-order valence-electron chi connectivity index (χ1n) is 8.34. The van der Waals surface area contributed by atoms with Gasteiger partial charge in [0.15, 0.2) is 6.61 Å². The number of amides is 2. The van der Waals surface area contributed by atoms with E-state index in [0.717, 1.165) is 25.8 Å². The van der Waals surface area contributed by atoms with Crippen molar-refractivity contribution >= 4 is 11.8 Å². The quantitative estimate of drug-likeness (QED) is 0.839. The molecular weight excluding hydrogens is 308 g/mol. The van der Waals surface area contributed by atoms with Crippen LogP contribution in [-0.2, 0) is 9.59 Å². The summed E-state index contributed by atoms with van der Waals surface area (Å²) < 4.78 is 10.7. The summed E-state index contributed by atoms with van der Waals surface area (Å²) in [5.74, 6) is 1.40. The van der Waals surface area contributed by atoms with E-state index in [4.69, 9.17) is 9.47 Å². The first kappa shape index (κ1) is 16.6. The van der Waals surface area contributed by atoms with Gasteiger partial charge in [0.05, 0.1) is 12.5 Å². The third kappa shape index (κ3) is 3.18. The fraction of sp³-hybridized carbons (Fsp3) is 0.556. The summed E-state index contributed by atoms with van der Waals surface area (Å²) in [6.07, 6.45) is 2.63. The molecule has 0 saturated carbocycles. The molecule has 0 aliphatic carbocycles. The van der Waals surface area contributed by atoms with E-state index in [1.807, 2.05) is 19.2 Å². The Balaban J connectivity index is 1.57. The Labute approximate surface area is 142 Å². The summed E-state index contributed by atoms with van der Waals surface area (Å²) >= 11 is 0. The van der Waals surface area contributed by atoms with Gasteiger partial charge in [-0.05, 0) is 31.4 Å². The van der Waals surface area contributed by atoms with E-state index < -0.39 is 0 Å². The summed E-state index contributed by atoms with van der Waals surface area (Å²) in [6.45, 7) is 1.93. The normalized spacial score (nSPS) is 23.7. The van der Waals surface area contributed by atoms with E-state index >= 15 is 0 Å². The number of piperidine rings is 1. The number of likely N-dealkylation sites (tertiary alicyclic amines) is 2. The Morgan fingerprint density at radius 3 is 2.83 bits per heavy atom. The van der Waals surface area contributed by atoms with Gasteiger partial charge in [0, 0.05) is 32.7 Å². The van der Waals surface area contributed by atoms with Crippen molar-refractivity contribution < 1.29 is 19.1 Å². The highest BCUT2D eigenvalue weighted by molar-refractivity contribution is 5.86. The summed E-state index contributed by atoms with van der Waals surface area (Å²) in [6, 6.07) is 7.18. The molecule has 2 aliphatic heterocycles. The number of nitrogens with zero attached hydrogens (tertiary/aromatic N) is 2. The molecule has 6 heteroatoms. The van der Waals surface area contributed by atoms with Gasteiger partial charge < -0.3 is 19.3 Å². The fourth-order valence-electron chi connectivity index (χ4n) is 3.66. The second-order valence-corrected chi connectivity index (χ2v) is 6.64. The number of carbonyl (C=O) groups is 2. The highest BCUT2D eigenvalue weighted by atomic mass is 16.5. The lowest BCUT2D eigenvalue weighted by Crippen LogP contribution is -2.48. The van der Waals surface area contributed by atoms with Gasteiger partial charge in [-0.3, -0.25) is 9.59 Å². The van der Waals surface area contributed by atoms with E-state index in [-0.39, 0.29) is 23.8 Å². The van der Waals surface area contributed by atoms with Crippen LogP contribution in [0.1, 0.15) is 19.3 Å². The van der Waals surface area contributed by atoms with Crippen molar-refractivity contribution in [3.8, 4) is 11.5 Å². The molecule has 0 N–H and O–H groups in total. The summed E-state index contributed by atoms with van der Waals surface area (Å²) in [5, 5.41) is 0. The lowest BCUT2D eigenvalue weighted by atomic mass is 9.78. The van der Waals surface area contributed by atoms with Crippen molar-refractivity contribution in [2.24, 2.45) is 5.41 Å². The van der Waals surface area contributed by atoms with Gasteiger partial charge in [-0.1, -0.05) is 6.07 Å². The second kappa shape index (κ2) is 6.71. The minimum absolute atomic E-state index is 0.0206. The first-order chi connectivity index (χ1) is 11.5. The molecule has 0 bridgehead atoms. The molecule has 2 amide bonds. The van der Waals surface area contributed by atoms with Crippen molar-refractivity contribution in [2.75, 3.05) is 40.4 Å². The molecule has 3 rings (SSSR count). The Morgan fingerprint density at radius 1 is 1.25 bits per heavy atom. The van der Waals surface area contributed by atoms with Gasteiger partial charge in [-0.15, -0.1) is 0 Å². The van der Waals surface area contributed by atoms with Crippen LogP contribution in [0.15, 0.2) is 24.3 Å². The van der Waals surface area contributed by atoms with Crippen LogP contribution in [-0.4, -0.2) is 62.0 Å². The highest BCUT2D eigenvalue weighted by Crippen LogP contribution is 2.39. The van der Waals surface area contributed by atoms with Crippen molar-refractivity contribution in [1.82, 2.24) is 9.80 Å². The van der Waals surface area contributed by atoms with E-state index in [0.29, 0.717) is 24.6 Å². The van der Waals surface area contributed by atoms with Crippen LogP contribution >= 0.6 is 0 Å². The molecule has 1 aromatic carbocycles. The zero-order chi connectivity index (χ0) is 17.2. The standard InChI is InChI=1S/C18H24N2O4/c1-19-9-4-7-18(17(19)22)8-10-20(13-18)16(21)12-24-15-6-3-5-14(11-15)23-2/h3,5-6,11H,4,7-10,12-13H2,1-2H3/t18-/m0/s1. The number of carbonyl (C=O) groups excluding carboxylic acids is 2. The van der Waals surface area contributed by atoms with Gasteiger partial charge in [-0.2, -0.15) is 0 Å². The smallest absolute Gasteiger partial charge is 0.260 e. The zero-order valence-electron chi connectivity index (χ0n) is 14.3. The number of hydrogen-bond donors (Lipinski definition) is 0. The molecule has 6 nitrogen and oxygen atoms in total. The molecule has 0 unspecified atom stereocenters. The molecule has 2 saturated heterocycles. The third-order valence-corrected chi connectivity index (χ3v) is 5.06. The van der Waals surface area contributed by atoms with Crippen LogP contribution in [0.2, 0.25) is 0 Å². The van der Waals surface area contributed by atoms with Crippen LogP contribution in [0, 0.1) is 5.41 Å². The lowest BCUT2D eigenvalue weighted by Gasteiger charge is -2.37. The number of ether oxygens (including phenoxy) is 2. The van der Waals surface area contributed by atoms with E-state index in [9.17, 15) is 9.59 Å². The van der Waals surface area contributed by atoms with E-state index in [2.05, 4.69) is 0 Å². The summed E-state index contributed by atoms with van der Waals surface area (Å²) in [7, 11) is 3.44. The third-order valence-electron chi connectivity index (χ3n) is 5.06. The van der Waals surface area contributed by atoms with Crippen molar-refractivity contribution in [1.29, 1.82) is 0 Å². The molecule has 1 aromatic rings. The highest BCUT2D eigenvalue weighted by Gasteiger charge is 2.48. The molecule has 130 valence electrons. The van der Waals surface area contributed by atoms with Gasteiger partial charge in [0.1, 0.15) is 11.5 Å². The van der Waals surface area contributed by atoms with Crippen LogP contribution in [0.5, 0.6) is 11.5 Å². The fourth-order valence-corrected chi connectivity index (χ4v) is 3.66. The second-order valence-electron chi connectivity index (χ2n) is 6.64. The van der Waals surface area contributed by atoms with Crippen LogP contribution in [0.4, 0.5) is 0 Å². The minimum atomic E-state index is -0.376. The maximum atomic E-state index is 12.5. The maximum absolute atomic E-state index is 12.5. The van der Waals surface area contributed by atoms with Crippen LogP contribution in [0.25, 0.3) is 0 Å². The molecule has 1 atom stereocenters. The Hall–Kier alpha value is -2.24. The number of hydrogen-bond acceptors (Lipinski definition) is 4. The Bertz CT molecular complexity index is 633. The number of rotatable bonds is 4. The maximum Gasteiger partial charge on any atom is 0.260 e. The van der Waals surface area contributed by atoms with Gasteiger partial charge in [-0.25, -0.2) is 0 Å². The molecule has 1 spiro atoms. The van der Waals surface area contributed by atoms with Gasteiger partial charge in [0.25, 0.3) is 5.91 Å². The Morgan fingerprint density at radius 2 is 2.04 bits per heavy atom. The molecule has 0 aromatic heterocycles. The minimum Gasteiger partial charge on any atom is -0.497 e. The van der Waals surface area contributed by atoms with Crippen molar-refractivity contribution in [3.05, 3.63) is 24.3 Å². The predicted molar refractivity (Wildman–Crippen MR) is 89.0 cm³/mol. The zero-order valence-corrected chi connectivity index (χ0v) is 14.3. The summed E-state index contributed by atoms with van der Waals surface area (Å²) in [5.41, 5.74) is -0.376. The molecule has 2 aliphatic rings. The van der Waals surface area contributed by atoms with Crippen molar-refractivity contribution in [2.45, 2.75) is 19.3 Å². The topological polar surface area (TPSA) is 59.1 Å². The monoisotopic (exact) mass is 332 g/mol. The molecule has 0 radical (unpaired) electrons. The Kier molecular flexibility index (Phi) is 4.64. The summed E-state index contributed by atoms with van der Waals surface area (Å²) in [4.78, 5) is 28.5. The lowest BCUT2D eigenvalue weighted by molar-refractivity contribution is -0.144. The van der Waals surface area contributed by atoms with Crippen LogP contribution in [0.3, 0.4) is 0 Å². The predicted octanol–water partition coefficient (Wildman–Crippen LogP) is 1.54. The molecular formula is C18H24N2O4. The first-order valence-corrected chi connectivity index (χ1v) is 8.34. The van der Waals surface area contributed by atoms with Crippen molar-refractivity contribution in [3.63, 3.8) is 0 Å². The molecule has 24 heavy (non-hydrogen) atoms. The SMILES string of the molecule is COc1cccc(OCC(=O)N2CC[C@@]3(CCCN(C)C3=O)C2)c1. The van der Waals surface area contributed by atoms with E-state index in [1.54, 1.807) is 29.0 Å². The molecule has 2 heterocycles. The molecule has 2 fully saturated rings. The van der Waals surface area contributed by atoms with E-state index in [1.165, 1.54) is 0 Å².